The normalized spacial score (nSPS) is 22.0. The lowest BCUT2D eigenvalue weighted by Crippen LogP contribution is -2.61. The maximum absolute atomic E-state index is 12.4. The van der Waals surface area contributed by atoms with Crippen LogP contribution in [0, 0.1) is 0 Å². The van der Waals surface area contributed by atoms with Crippen molar-refractivity contribution in [1.29, 1.82) is 0 Å². The summed E-state index contributed by atoms with van der Waals surface area (Å²) >= 11 is 0. The molecule has 26 heavy (non-hydrogen) atoms. The molecule has 0 aromatic carbocycles. The summed E-state index contributed by atoms with van der Waals surface area (Å²) in [5.41, 5.74) is 0.512. The molecule has 0 saturated carbocycles. The minimum absolute atomic E-state index is 0.00505. The molecule has 2 atom stereocenters. The van der Waals surface area contributed by atoms with Crippen LogP contribution in [0.1, 0.15) is 38.2 Å². The molecule has 1 fully saturated rings. The molecular weight excluding hydrogens is 338 g/mol. The minimum Gasteiger partial charge on any atom is -0.471 e. The maximum atomic E-state index is 12.4. The highest BCUT2D eigenvalue weighted by Crippen LogP contribution is 2.36. The Morgan fingerprint density at radius 1 is 1.27 bits per heavy atom. The zero-order valence-electron chi connectivity index (χ0n) is 15.8. The molecule has 142 valence electrons. The van der Waals surface area contributed by atoms with Gasteiger partial charge in [0.1, 0.15) is 17.4 Å². The van der Waals surface area contributed by atoms with Gasteiger partial charge >= 0.3 is 12.1 Å². The van der Waals surface area contributed by atoms with Gasteiger partial charge in [-0.3, -0.25) is 0 Å². The number of amides is 1. The molecule has 1 saturated heterocycles. The highest BCUT2D eigenvalue weighted by Gasteiger charge is 2.40. The van der Waals surface area contributed by atoms with Crippen molar-refractivity contribution in [3.63, 3.8) is 0 Å². The molecule has 0 spiro atoms. The van der Waals surface area contributed by atoms with Crippen LogP contribution in [0.25, 0.3) is 0 Å². The highest BCUT2D eigenvalue weighted by atomic mass is 16.6. The number of rotatable bonds is 1. The van der Waals surface area contributed by atoms with E-state index in [1.165, 1.54) is 7.11 Å². The Morgan fingerprint density at radius 3 is 2.65 bits per heavy atom. The number of anilines is 1. The van der Waals surface area contributed by atoms with Crippen molar-refractivity contribution in [2.24, 2.45) is 0 Å². The highest BCUT2D eigenvalue weighted by molar-refractivity contribution is 5.88. The second kappa shape index (κ2) is 6.66. The van der Waals surface area contributed by atoms with Gasteiger partial charge in [0.2, 0.25) is 5.88 Å². The van der Waals surface area contributed by atoms with E-state index in [4.69, 9.17) is 14.2 Å². The molecule has 1 aromatic heterocycles. The molecule has 0 bridgehead atoms. The lowest BCUT2D eigenvalue weighted by atomic mass is 10.0. The van der Waals surface area contributed by atoms with Crippen LogP contribution < -0.4 is 9.64 Å². The van der Waals surface area contributed by atoms with Crippen molar-refractivity contribution in [3.8, 4) is 5.88 Å². The Balaban J connectivity index is 1.79. The van der Waals surface area contributed by atoms with Gasteiger partial charge in [-0.2, -0.15) is 0 Å². The van der Waals surface area contributed by atoms with Gasteiger partial charge in [0.05, 0.1) is 13.2 Å². The van der Waals surface area contributed by atoms with E-state index in [0.717, 1.165) is 5.69 Å². The number of aromatic nitrogens is 1. The van der Waals surface area contributed by atoms with E-state index in [1.807, 2.05) is 33.8 Å². The van der Waals surface area contributed by atoms with Crippen LogP contribution in [0.2, 0.25) is 0 Å². The van der Waals surface area contributed by atoms with Crippen LogP contribution in [0.15, 0.2) is 12.1 Å². The van der Waals surface area contributed by atoms with E-state index in [9.17, 15) is 9.59 Å². The predicted molar refractivity (Wildman–Crippen MR) is 94.6 cm³/mol. The van der Waals surface area contributed by atoms with E-state index in [0.29, 0.717) is 25.5 Å². The third-order valence-electron chi connectivity index (χ3n) is 4.45. The topological polar surface area (TPSA) is 81.2 Å². The largest absolute Gasteiger partial charge is 0.471 e. The summed E-state index contributed by atoms with van der Waals surface area (Å²) in [7, 11) is 1.32. The van der Waals surface area contributed by atoms with Crippen LogP contribution in [-0.2, 0) is 9.47 Å². The molecular formula is C18H25N3O5. The number of pyridine rings is 1. The van der Waals surface area contributed by atoms with Gasteiger partial charge in [0.15, 0.2) is 5.69 Å². The fraction of sp³-hybridized carbons (Fsp3) is 0.611. The number of esters is 1. The molecule has 1 unspecified atom stereocenters. The Morgan fingerprint density at radius 2 is 2.00 bits per heavy atom. The van der Waals surface area contributed by atoms with Gasteiger partial charge in [0, 0.05) is 19.6 Å². The number of ether oxygens (including phenoxy) is 3. The van der Waals surface area contributed by atoms with Crippen molar-refractivity contribution in [3.05, 3.63) is 17.8 Å². The Labute approximate surface area is 153 Å². The number of hydrogen-bond acceptors (Lipinski definition) is 7. The van der Waals surface area contributed by atoms with Gasteiger partial charge < -0.3 is 24.0 Å². The number of hydrogen-bond donors (Lipinski definition) is 0. The first-order chi connectivity index (χ1) is 12.2. The van der Waals surface area contributed by atoms with Crippen LogP contribution in [0.4, 0.5) is 10.5 Å². The first-order valence-corrected chi connectivity index (χ1v) is 8.70. The SMILES string of the molecule is COC(=O)c1ccc2c(n1)OC(C)[C@H]1CN(C(=O)OC(C)(C)C)CCN21. The summed E-state index contributed by atoms with van der Waals surface area (Å²) in [6, 6.07) is 3.44. The fourth-order valence-electron chi connectivity index (χ4n) is 3.21. The Kier molecular flexibility index (Phi) is 4.68. The van der Waals surface area contributed by atoms with Crippen molar-refractivity contribution in [2.75, 3.05) is 31.6 Å². The first-order valence-electron chi connectivity index (χ1n) is 8.70. The lowest BCUT2D eigenvalue weighted by Gasteiger charge is -2.47. The van der Waals surface area contributed by atoms with Crippen molar-refractivity contribution < 1.29 is 23.8 Å². The molecule has 8 heteroatoms. The lowest BCUT2D eigenvalue weighted by molar-refractivity contribution is 0.0158. The molecule has 1 amide bonds. The second-order valence-corrected chi connectivity index (χ2v) is 7.52. The Hall–Kier alpha value is -2.51. The Bertz CT molecular complexity index is 715. The molecule has 0 radical (unpaired) electrons. The molecule has 2 aliphatic heterocycles. The van der Waals surface area contributed by atoms with Gasteiger partial charge in [-0.25, -0.2) is 14.6 Å². The molecule has 0 aliphatic carbocycles. The number of carbonyl (C=O) groups is 2. The molecule has 2 aliphatic rings. The summed E-state index contributed by atoms with van der Waals surface area (Å²) in [5, 5.41) is 0. The summed E-state index contributed by atoms with van der Waals surface area (Å²) < 4.78 is 16.1. The zero-order valence-corrected chi connectivity index (χ0v) is 15.8. The van der Waals surface area contributed by atoms with Crippen molar-refractivity contribution in [1.82, 2.24) is 9.88 Å². The molecule has 8 nitrogen and oxygen atoms in total. The summed E-state index contributed by atoms with van der Waals surface area (Å²) in [4.78, 5) is 32.2. The van der Waals surface area contributed by atoms with Crippen LogP contribution in [0.5, 0.6) is 5.88 Å². The zero-order chi connectivity index (χ0) is 19.1. The van der Waals surface area contributed by atoms with E-state index in [1.54, 1.807) is 11.0 Å². The summed E-state index contributed by atoms with van der Waals surface area (Å²) in [6.07, 6.45) is -0.498. The van der Waals surface area contributed by atoms with E-state index < -0.39 is 11.6 Å². The predicted octanol–water partition coefficient (Wildman–Crippen LogP) is 2.07. The number of fused-ring (bicyclic) bond motifs is 3. The number of piperazine rings is 1. The minimum atomic E-state index is -0.524. The van der Waals surface area contributed by atoms with Crippen LogP contribution >= 0.6 is 0 Å². The standard InChI is InChI=1S/C18H25N3O5/c1-11-14-10-20(17(23)26-18(2,3)4)8-9-21(14)13-7-6-12(16(22)24-5)19-15(13)25-11/h6-7,11,14H,8-10H2,1-5H3/t11?,14-/m1/s1. The third-order valence-corrected chi connectivity index (χ3v) is 4.45. The monoisotopic (exact) mass is 363 g/mol. The molecule has 3 rings (SSSR count). The van der Waals surface area contributed by atoms with E-state index in [-0.39, 0.29) is 23.9 Å². The maximum Gasteiger partial charge on any atom is 0.410 e. The van der Waals surface area contributed by atoms with Crippen molar-refractivity contribution in [2.45, 2.75) is 45.4 Å². The molecule has 1 aromatic rings. The average Bonchev–Trinajstić information content (AvgIpc) is 2.59. The summed E-state index contributed by atoms with van der Waals surface area (Å²) in [5.74, 6) is -0.0803. The van der Waals surface area contributed by atoms with Gasteiger partial charge in [-0.15, -0.1) is 0 Å². The van der Waals surface area contributed by atoms with E-state index in [2.05, 4.69) is 9.88 Å². The van der Waals surface area contributed by atoms with Crippen LogP contribution in [0.3, 0.4) is 0 Å². The number of nitrogens with zero attached hydrogens (tertiary/aromatic N) is 3. The molecule has 0 N–H and O–H groups in total. The fourth-order valence-corrected chi connectivity index (χ4v) is 3.21. The van der Waals surface area contributed by atoms with Crippen molar-refractivity contribution >= 4 is 17.7 Å². The molecule has 3 heterocycles. The van der Waals surface area contributed by atoms with Gasteiger partial charge in [-0.1, -0.05) is 0 Å². The third kappa shape index (κ3) is 3.54. The average molecular weight is 363 g/mol. The smallest absolute Gasteiger partial charge is 0.410 e. The second-order valence-electron chi connectivity index (χ2n) is 7.52. The first kappa shape index (κ1) is 18.3. The van der Waals surface area contributed by atoms with Gasteiger partial charge in [0.25, 0.3) is 0 Å². The van der Waals surface area contributed by atoms with E-state index >= 15 is 0 Å². The van der Waals surface area contributed by atoms with Crippen LogP contribution in [-0.4, -0.2) is 66.4 Å². The number of carbonyl (C=O) groups excluding carboxylic acids is 2. The quantitative estimate of drug-likeness (QED) is 0.707. The van der Waals surface area contributed by atoms with Gasteiger partial charge in [-0.05, 0) is 39.8 Å². The summed E-state index contributed by atoms with van der Waals surface area (Å²) in [6.45, 7) is 9.21. The number of methoxy groups -OCH3 is 1.